The Bertz CT molecular complexity index is 1900. The number of benzene rings is 3. The van der Waals surface area contributed by atoms with Crippen molar-refractivity contribution in [1.82, 2.24) is 19.9 Å². The Hall–Kier alpha value is -4.43. The third kappa shape index (κ3) is 8.89. The monoisotopic (exact) mass is 701 g/mol. The van der Waals surface area contributed by atoms with Gasteiger partial charge in [-0.15, -0.1) is 11.3 Å². The lowest BCUT2D eigenvalue weighted by Gasteiger charge is -2.13. The Balaban J connectivity index is 1.31. The van der Waals surface area contributed by atoms with E-state index in [1.165, 1.54) is 17.4 Å². The molecule has 0 aliphatic heterocycles. The molecule has 3 aromatic carbocycles. The van der Waals surface area contributed by atoms with Crippen molar-refractivity contribution in [1.29, 1.82) is 0 Å². The van der Waals surface area contributed by atoms with E-state index in [1.807, 2.05) is 38.1 Å². The number of amides is 2. The highest BCUT2D eigenvalue weighted by molar-refractivity contribution is 7.15. The van der Waals surface area contributed by atoms with Gasteiger partial charge in [-0.3, -0.25) is 0 Å². The Morgan fingerprint density at radius 2 is 1.68 bits per heavy atom. The smallest absolute Gasteiger partial charge is 0.417 e. The fourth-order valence-corrected chi connectivity index (χ4v) is 5.73. The van der Waals surface area contributed by atoms with Crippen LogP contribution in [-0.4, -0.2) is 53.1 Å². The molecule has 5 rings (SSSR count). The first-order valence-electron chi connectivity index (χ1n) is 14.1. The number of hydrogen-bond donors (Lipinski definition) is 3. The van der Waals surface area contributed by atoms with Crippen LogP contribution < -0.4 is 20.7 Å². The highest BCUT2D eigenvalue weighted by Crippen LogP contribution is 2.38. The van der Waals surface area contributed by atoms with Crippen molar-refractivity contribution in [2.45, 2.75) is 13.1 Å². The fraction of sp³-hybridized carbons (Fsp3) is 0.188. The number of thiazole rings is 1. The van der Waals surface area contributed by atoms with Gasteiger partial charge >= 0.3 is 12.2 Å². The molecule has 5 aromatic rings. The molecule has 3 N–H and O–H groups in total. The van der Waals surface area contributed by atoms with Gasteiger partial charge in [0.15, 0.2) is 0 Å². The van der Waals surface area contributed by atoms with Gasteiger partial charge in [-0.2, -0.15) is 13.2 Å². The minimum Gasteiger partial charge on any atom is -0.491 e. The van der Waals surface area contributed by atoms with Crippen molar-refractivity contribution in [3.8, 4) is 27.6 Å². The lowest BCUT2D eigenvalue weighted by molar-refractivity contribution is -0.137. The van der Waals surface area contributed by atoms with Crippen molar-refractivity contribution >= 4 is 63.6 Å². The van der Waals surface area contributed by atoms with E-state index in [9.17, 15) is 18.0 Å². The van der Waals surface area contributed by atoms with Crippen LogP contribution in [0.15, 0.2) is 72.9 Å². The minimum absolute atomic E-state index is 0.0625. The van der Waals surface area contributed by atoms with Gasteiger partial charge in [0.2, 0.25) is 5.95 Å². The van der Waals surface area contributed by atoms with Crippen LogP contribution in [0.3, 0.4) is 0 Å². The number of carbonyl (C=O) groups is 1. The van der Waals surface area contributed by atoms with Gasteiger partial charge in [0.05, 0.1) is 36.9 Å². The highest BCUT2D eigenvalue weighted by Gasteiger charge is 2.33. The number of rotatable bonds is 10. The van der Waals surface area contributed by atoms with Crippen molar-refractivity contribution in [2.24, 2.45) is 0 Å². The molecule has 0 unspecified atom stereocenters. The molecule has 0 fully saturated rings. The van der Waals surface area contributed by atoms with Crippen molar-refractivity contribution in [2.75, 3.05) is 43.2 Å². The number of aryl methyl sites for hydroxylation is 1. The first kappa shape index (κ1) is 33.9. The Morgan fingerprint density at radius 3 is 2.40 bits per heavy atom. The second kappa shape index (κ2) is 14.6. The lowest BCUT2D eigenvalue weighted by atomic mass is 10.1. The maximum Gasteiger partial charge on any atom is 0.417 e. The van der Waals surface area contributed by atoms with E-state index in [0.717, 1.165) is 28.6 Å². The number of carbonyl (C=O) groups excluding carboxylic acids is 1. The second-order valence-corrected chi connectivity index (χ2v) is 12.5. The van der Waals surface area contributed by atoms with Crippen LogP contribution in [0.2, 0.25) is 10.0 Å². The molecular formula is C32H28Cl2F3N7O2S. The molecule has 2 aromatic heterocycles. The van der Waals surface area contributed by atoms with Gasteiger partial charge in [0.25, 0.3) is 0 Å². The first-order valence-corrected chi connectivity index (χ1v) is 15.6. The number of aromatic nitrogens is 3. The van der Waals surface area contributed by atoms with E-state index in [2.05, 4.69) is 20.9 Å². The van der Waals surface area contributed by atoms with Crippen molar-refractivity contribution < 1.29 is 22.7 Å². The SMILES string of the molecule is Cc1nc(-c2cccc(NC(=O)Nc3ccc(Cl)c(C(F)(F)F)c3)c2)c(-c2ccnc(Nc3ccc(OCCN(C)C)c(Cl)c3)n2)s1. The number of urea groups is 1. The molecule has 0 radical (unpaired) electrons. The van der Waals surface area contributed by atoms with Gasteiger partial charge in [0, 0.05) is 35.4 Å². The molecule has 244 valence electrons. The first-order chi connectivity index (χ1) is 22.4. The molecule has 0 atom stereocenters. The molecule has 0 aliphatic carbocycles. The molecule has 47 heavy (non-hydrogen) atoms. The number of nitrogens with one attached hydrogen (secondary N) is 3. The standard InChI is InChI=1S/C32H28Cl2F3N7O2S/c1-18-39-28(19-5-4-6-20(15-19)41-31(45)42-21-7-9-24(33)23(16-21)32(35,36)37)29(47-18)26-11-12-38-30(43-26)40-22-8-10-27(25(34)17-22)46-14-13-44(2)3/h4-12,15-17H,13-14H2,1-3H3,(H,38,40,43)(H2,41,42,45). The van der Waals surface area contributed by atoms with Gasteiger partial charge < -0.3 is 25.6 Å². The number of halogens is 5. The van der Waals surface area contributed by atoms with Gasteiger partial charge in [-0.25, -0.2) is 19.7 Å². The Labute approximate surface area is 282 Å². The molecular weight excluding hydrogens is 674 g/mol. The summed E-state index contributed by atoms with van der Waals surface area (Å²) in [7, 11) is 3.93. The number of alkyl halides is 3. The summed E-state index contributed by atoms with van der Waals surface area (Å²) in [6.45, 7) is 3.13. The quantitative estimate of drug-likeness (QED) is 0.133. The number of anilines is 4. The van der Waals surface area contributed by atoms with Gasteiger partial charge in [0.1, 0.15) is 12.4 Å². The van der Waals surface area contributed by atoms with E-state index in [1.54, 1.807) is 42.6 Å². The summed E-state index contributed by atoms with van der Waals surface area (Å²) in [4.78, 5) is 29.2. The molecule has 2 heterocycles. The summed E-state index contributed by atoms with van der Waals surface area (Å²) in [6.07, 6.45) is -3.03. The minimum atomic E-state index is -4.66. The number of likely N-dealkylation sites (N-methyl/N-ethyl adjacent to an activating group) is 1. The summed E-state index contributed by atoms with van der Waals surface area (Å²) >= 11 is 13.6. The fourth-order valence-electron chi connectivity index (χ4n) is 4.36. The zero-order valence-electron chi connectivity index (χ0n) is 25.2. The third-order valence-electron chi connectivity index (χ3n) is 6.53. The molecule has 0 saturated heterocycles. The molecule has 0 spiro atoms. The van der Waals surface area contributed by atoms with Crippen LogP contribution in [0, 0.1) is 6.92 Å². The predicted molar refractivity (Wildman–Crippen MR) is 181 cm³/mol. The number of hydrogen-bond acceptors (Lipinski definition) is 8. The van der Waals surface area contributed by atoms with Gasteiger partial charge in [-0.1, -0.05) is 35.3 Å². The predicted octanol–water partition coefficient (Wildman–Crippen LogP) is 9.23. The van der Waals surface area contributed by atoms with Crippen LogP contribution in [0.5, 0.6) is 5.75 Å². The van der Waals surface area contributed by atoms with Crippen molar-refractivity contribution in [3.63, 3.8) is 0 Å². The highest BCUT2D eigenvalue weighted by atomic mass is 35.5. The molecule has 9 nitrogen and oxygen atoms in total. The summed E-state index contributed by atoms with van der Waals surface area (Å²) in [5.41, 5.74) is 1.92. The summed E-state index contributed by atoms with van der Waals surface area (Å²) < 4.78 is 45.5. The normalized spacial score (nSPS) is 11.4. The molecule has 0 aliphatic rings. The van der Waals surface area contributed by atoms with E-state index < -0.39 is 22.8 Å². The van der Waals surface area contributed by atoms with E-state index in [0.29, 0.717) is 51.7 Å². The zero-order valence-corrected chi connectivity index (χ0v) is 27.6. The lowest BCUT2D eigenvalue weighted by Crippen LogP contribution is -2.20. The average Bonchev–Trinajstić information content (AvgIpc) is 3.40. The van der Waals surface area contributed by atoms with Crippen molar-refractivity contribution in [3.05, 3.63) is 93.5 Å². The third-order valence-corrected chi connectivity index (χ3v) is 8.15. The van der Waals surface area contributed by atoms with Gasteiger partial charge in [-0.05, 0) is 75.6 Å². The Morgan fingerprint density at radius 1 is 0.936 bits per heavy atom. The second-order valence-electron chi connectivity index (χ2n) is 10.5. The average molecular weight is 703 g/mol. The summed E-state index contributed by atoms with van der Waals surface area (Å²) in [6, 6.07) is 16.5. The molecule has 0 bridgehead atoms. The summed E-state index contributed by atoms with van der Waals surface area (Å²) in [5, 5.41) is 9.02. The van der Waals surface area contributed by atoms with Crippen LogP contribution in [0.4, 0.5) is 41.0 Å². The Kier molecular flexibility index (Phi) is 10.5. The largest absolute Gasteiger partial charge is 0.491 e. The van der Waals surface area contributed by atoms with Crippen LogP contribution in [-0.2, 0) is 6.18 Å². The maximum atomic E-state index is 13.2. The van der Waals surface area contributed by atoms with E-state index in [-0.39, 0.29) is 5.69 Å². The van der Waals surface area contributed by atoms with E-state index >= 15 is 0 Å². The number of nitrogens with zero attached hydrogens (tertiary/aromatic N) is 4. The topological polar surface area (TPSA) is 104 Å². The molecule has 0 saturated carbocycles. The number of ether oxygens (including phenoxy) is 1. The van der Waals surface area contributed by atoms with Crippen LogP contribution >= 0.6 is 34.5 Å². The zero-order chi connectivity index (χ0) is 33.7. The molecule has 2 amide bonds. The van der Waals surface area contributed by atoms with E-state index in [4.69, 9.17) is 37.9 Å². The maximum absolute atomic E-state index is 13.2. The van der Waals surface area contributed by atoms with Crippen LogP contribution in [0.1, 0.15) is 10.6 Å². The molecule has 15 heteroatoms. The summed E-state index contributed by atoms with van der Waals surface area (Å²) in [5.74, 6) is 0.924. The van der Waals surface area contributed by atoms with Crippen LogP contribution in [0.25, 0.3) is 21.8 Å².